The Labute approximate surface area is 185 Å². The van der Waals surface area contributed by atoms with E-state index in [0.29, 0.717) is 10.6 Å². The van der Waals surface area contributed by atoms with Crippen LogP contribution in [0.4, 0.5) is 10.7 Å². The maximum atomic E-state index is 12.5. The molecular weight excluding hydrogens is 416 g/mol. The average molecular weight is 443 g/mol. The second-order valence-electron chi connectivity index (χ2n) is 7.27. The molecule has 2 N–H and O–H groups in total. The number of rotatable bonds is 6. The molecule has 8 nitrogen and oxygen atoms in total. The number of fused-ring (bicyclic) bond motifs is 1. The first-order valence-corrected chi connectivity index (χ1v) is 11.0. The Hall–Kier alpha value is -3.20. The largest absolute Gasteiger partial charge is 0.462 e. The number of esters is 1. The molecule has 31 heavy (non-hydrogen) atoms. The molecule has 2 amide bonds. The van der Waals surface area contributed by atoms with Gasteiger partial charge in [0.1, 0.15) is 5.00 Å². The van der Waals surface area contributed by atoms with Gasteiger partial charge in [0.25, 0.3) is 0 Å². The zero-order valence-electron chi connectivity index (χ0n) is 17.9. The molecule has 0 atom stereocenters. The molecule has 1 aliphatic rings. The van der Waals surface area contributed by atoms with E-state index in [-0.39, 0.29) is 6.61 Å². The van der Waals surface area contributed by atoms with E-state index >= 15 is 0 Å². The van der Waals surface area contributed by atoms with Crippen LogP contribution in [-0.4, -0.2) is 44.7 Å². The van der Waals surface area contributed by atoms with E-state index < -0.39 is 17.8 Å². The molecule has 0 radical (unpaired) electrons. The summed E-state index contributed by atoms with van der Waals surface area (Å²) in [6, 6.07) is 7.55. The predicted molar refractivity (Wildman–Crippen MR) is 122 cm³/mol. The van der Waals surface area contributed by atoms with Crippen LogP contribution in [0.2, 0.25) is 0 Å². The molecule has 1 aromatic heterocycles. The maximum absolute atomic E-state index is 12.5. The quantitative estimate of drug-likeness (QED) is 0.310. The zero-order chi connectivity index (χ0) is 22.4. The first-order valence-electron chi connectivity index (χ1n) is 10.1. The molecule has 1 heterocycles. The van der Waals surface area contributed by atoms with Crippen LogP contribution in [0.25, 0.3) is 0 Å². The summed E-state index contributed by atoms with van der Waals surface area (Å²) in [6.07, 6.45) is 5.09. The van der Waals surface area contributed by atoms with Crippen LogP contribution in [0.15, 0.2) is 29.4 Å². The molecule has 0 aliphatic heterocycles. The Morgan fingerprint density at radius 2 is 1.84 bits per heavy atom. The highest BCUT2D eigenvalue weighted by Crippen LogP contribution is 2.38. The third-order valence-electron chi connectivity index (χ3n) is 4.87. The summed E-state index contributed by atoms with van der Waals surface area (Å²) in [7, 11) is 3.89. The fourth-order valence-electron chi connectivity index (χ4n) is 3.31. The lowest BCUT2D eigenvalue weighted by Crippen LogP contribution is -2.32. The molecular formula is C22H26N4O4S. The number of anilines is 2. The summed E-state index contributed by atoms with van der Waals surface area (Å²) in [4.78, 5) is 40.0. The molecule has 0 saturated carbocycles. The summed E-state index contributed by atoms with van der Waals surface area (Å²) >= 11 is 1.33. The van der Waals surface area contributed by atoms with Gasteiger partial charge in [-0.15, -0.1) is 11.3 Å². The summed E-state index contributed by atoms with van der Waals surface area (Å²) in [6.45, 7) is 1.97. The number of hydrogen-bond donors (Lipinski definition) is 2. The van der Waals surface area contributed by atoms with Crippen molar-refractivity contribution in [3.05, 3.63) is 45.8 Å². The number of amides is 2. The second kappa shape index (κ2) is 10.2. The number of aryl methyl sites for hydroxylation is 1. The van der Waals surface area contributed by atoms with Gasteiger partial charge in [0.15, 0.2) is 0 Å². The van der Waals surface area contributed by atoms with Crippen LogP contribution in [-0.2, 0) is 27.2 Å². The highest BCUT2D eigenvalue weighted by Gasteiger charge is 2.28. The van der Waals surface area contributed by atoms with E-state index in [2.05, 4.69) is 15.8 Å². The predicted octanol–water partition coefficient (Wildman–Crippen LogP) is 2.96. The number of nitrogens with zero attached hydrogens (tertiary/aromatic N) is 2. The SMILES string of the molecule is CCOC(=O)c1c(NC(=O)C(=O)N/N=C/c2ccc(N(C)C)cc2)sc2c1CCCC2. The molecule has 0 fully saturated rings. The van der Waals surface area contributed by atoms with E-state index in [1.165, 1.54) is 17.6 Å². The number of benzene rings is 1. The van der Waals surface area contributed by atoms with Gasteiger partial charge in [-0.1, -0.05) is 12.1 Å². The first-order chi connectivity index (χ1) is 14.9. The van der Waals surface area contributed by atoms with Gasteiger partial charge in [-0.3, -0.25) is 9.59 Å². The molecule has 2 aromatic rings. The van der Waals surface area contributed by atoms with Crippen molar-refractivity contribution in [3.63, 3.8) is 0 Å². The van der Waals surface area contributed by atoms with Gasteiger partial charge < -0.3 is 15.0 Å². The van der Waals surface area contributed by atoms with E-state index in [4.69, 9.17) is 4.74 Å². The molecule has 0 spiro atoms. The van der Waals surface area contributed by atoms with Crippen LogP contribution < -0.4 is 15.6 Å². The summed E-state index contributed by atoms with van der Waals surface area (Å²) in [5.74, 6) is -2.27. The van der Waals surface area contributed by atoms with Crippen molar-refractivity contribution < 1.29 is 19.1 Å². The van der Waals surface area contributed by atoms with Gasteiger partial charge in [-0.05, 0) is 55.9 Å². The fraction of sp³-hybridized carbons (Fsp3) is 0.364. The van der Waals surface area contributed by atoms with Crippen molar-refractivity contribution >= 4 is 46.0 Å². The van der Waals surface area contributed by atoms with E-state index in [1.807, 2.05) is 43.3 Å². The third-order valence-corrected chi connectivity index (χ3v) is 6.08. The number of hydrogen-bond acceptors (Lipinski definition) is 7. The average Bonchev–Trinajstić information content (AvgIpc) is 3.12. The molecule has 164 valence electrons. The Kier molecular flexibility index (Phi) is 7.41. The summed E-state index contributed by atoms with van der Waals surface area (Å²) < 4.78 is 5.16. The minimum atomic E-state index is -0.914. The smallest absolute Gasteiger partial charge is 0.341 e. The van der Waals surface area contributed by atoms with Crippen LogP contribution in [0.1, 0.15) is 46.1 Å². The first kappa shape index (κ1) is 22.5. The van der Waals surface area contributed by atoms with E-state index in [9.17, 15) is 14.4 Å². The van der Waals surface area contributed by atoms with Gasteiger partial charge in [-0.2, -0.15) is 5.10 Å². The van der Waals surface area contributed by atoms with Gasteiger partial charge in [0.2, 0.25) is 0 Å². The summed E-state index contributed by atoms with van der Waals surface area (Å²) in [5.41, 5.74) is 5.33. The van der Waals surface area contributed by atoms with Crippen LogP contribution in [0, 0.1) is 0 Å². The minimum absolute atomic E-state index is 0.238. The maximum Gasteiger partial charge on any atom is 0.341 e. The van der Waals surface area contributed by atoms with Crippen LogP contribution in [0.3, 0.4) is 0 Å². The van der Waals surface area contributed by atoms with Crippen LogP contribution in [0.5, 0.6) is 0 Å². The van der Waals surface area contributed by atoms with E-state index in [1.54, 1.807) is 6.92 Å². The molecule has 0 saturated heterocycles. The molecule has 0 bridgehead atoms. The van der Waals surface area contributed by atoms with Crippen LogP contribution >= 0.6 is 11.3 Å². The van der Waals surface area contributed by atoms with E-state index in [0.717, 1.165) is 47.4 Å². The number of carbonyl (C=O) groups excluding carboxylic acids is 3. The number of nitrogens with one attached hydrogen (secondary N) is 2. The highest BCUT2D eigenvalue weighted by molar-refractivity contribution is 7.17. The van der Waals surface area contributed by atoms with Crippen molar-refractivity contribution in [2.75, 3.05) is 30.9 Å². The van der Waals surface area contributed by atoms with Crippen molar-refractivity contribution in [2.24, 2.45) is 5.10 Å². The number of hydrazone groups is 1. The number of thiophene rings is 1. The Bertz CT molecular complexity index is 996. The molecule has 3 rings (SSSR count). The van der Waals surface area contributed by atoms with Gasteiger partial charge in [0.05, 0.1) is 18.4 Å². The van der Waals surface area contributed by atoms with Crippen molar-refractivity contribution in [1.29, 1.82) is 0 Å². The molecule has 9 heteroatoms. The third kappa shape index (κ3) is 5.49. The normalized spacial score (nSPS) is 12.9. The lowest BCUT2D eigenvalue weighted by Gasteiger charge is -2.12. The van der Waals surface area contributed by atoms with Gasteiger partial charge >= 0.3 is 17.8 Å². The van der Waals surface area contributed by atoms with Crippen molar-refractivity contribution in [3.8, 4) is 0 Å². The standard InChI is InChI=1S/C22H26N4O4S/c1-4-30-22(29)18-16-7-5-6-8-17(16)31-21(18)24-19(27)20(28)25-23-13-14-9-11-15(12-10-14)26(2)3/h9-13H,4-8H2,1-3H3,(H,24,27)(H,25,28)/b23-13+. The Morgan fingerprint density at radius 3 is 2.52 bits per heavy atom. The monoisotopic (exact) mass is 442 g/mol. The molecule has 1 aromatic carbocycles. The Balaban J connectivity index is 1.66. The van der Waals surface area contributed by atoms with Crippen molar-refractivity contribution in [1.82, 2.24) is 5.43 Å². The lowest BCUT2D eigenvalue weighted by atomic mass is 9.95. The Morgan fingerprint density at radius 1 is 1.13 bits per heavy atom. The van der Waals surface area contributed by atoms with Crippen molar-refractivity contribution in [2.45, 2.75) is 32.6 Å². The molecule has 1 aliphatic carbocycles. The summed E-state index contributed by atoms with van der Waals surface area (Å²) in [5, 5.41) is 6.76. The minimum Gasteiger partial charge on any atom is -0.462 e. The topological polar surface area (TPSA) is 100 Å². The fourth-order valence-corrected chi connectivity index (χ4v) is 4.58. The lowest BCUT2D eigenvalue weighted by molar-refractivity contribution is -0.136. The molecule has 0 unspecified atom stereocenters. The zero-order valence-corrected chi connectivity index (χ0v) is 18.7. The number of ether oxygens (including phenoxy) is 1. The second-order valence-corrected chi connectivity index (χ2v) is 8.38. The van der Waals surface area contributed by atoms with Gasteiger partial charge in [-0.25, -0.2) is 10.2 Å². The van der Waals surface area contributed by atoms with Gasteiger partial charge in [0, 0.05) is 24.7 Å². The number of carbonyl (C=O) groups is 3. The highest BCUT2D eigenvalue weighted by atomic mass is 32.1.